The Morgan fingerprint density at radius 1 is 0.892 bits per heavy atom. The van der Waals surface area contributed by atoms with E-state index in [2.05, 4.69) is 27.7 Å². The maximum Gasteiger partial charge on any atom is 0.340 e. The van der Waals surface area contributed by atoms with E-state index >= 15 is 0 Å². The first-order chi connectivity index (χ1) is 17.7. The molecule has 1 heterocycles. The first-order valence-corrected chi connectivity index (χ1v) is 13.2. The van der Waals surface area contributed by atoms with E-state index in [1.54, 1.807) is 31.4 Å². The molecule has 0 aromatic heterocycles. The number of aliphatic hydroxyl groups excluding tert-OH is 1. The number of carbonyl (C=O) groups is 1. The summed E-state index contributed by atoms with van der Waals surface area (Å²) >= 11 is 0. The van der Waals surface area contributed by atoms with E-state index in [9.17, 15) is 9.90 Å². The fraction of sp³-hybridized carbons (Fsp3) is 0.567. The molecule has 7 nitrogen and oxygen atoms in total. The number of carbonyl (C=O) groups excluding carboxylic acids is 1. The molecule has 3 atom stereocenters. The first kappa shape index (κ1) is 29.0. The number of rotatable bonds is 15. The van der Waals surface area contributed by atoms with Crippen LogP contribution in [0.25, 0.3) is 0 Å². The second-order valence-corrected chi connectivity index (χ2v) is 10.7. The van der Waals surface area contributed by atoms with Gasteiger partial charge < -0.3 is 28.8 Å². The van der Waals surface area contributed by atoms with E-state index in [1.165, 1.54) is 0 Å². The van der Waals surface area contributed by atoms with Crippen LogP contribution in [-0.4, -0.2) is 49.4 Å². The molecule has 1 aliphatic rings. The van der Waals surface area contributed by atoms with Crippen molar-refractivity contribution in [3.63, 3.8) is 0 Å². The molecule has 0 saturated carbocycles. The Hall–Kier alpha value is -2.61. The van der Waals surface area contributed by atoms with Crippen molar-refractivity contribution in [3.8, 4) is 11.5 Å². The number of cyclic esters (lactones) is 1. The van der Waals surface area contributed by atoms with Gasteiger partial charge in [0.1, 0.15) is 18.1 Å². The molecule has 204 valence electrons. The third kappa shape index (κ3) is 9.02. The number of esters is 1. The predicted molar refractivity (Wildman–Crippen MR) is 141 cm³/mol. The number of methoxy groups -OCH3 is 1. The van der Waals surface area contributed by atoms with Crippen molar-refractivity contribution in [2.24, 2.45) is 17.8 Å². The molecule has 2 aromatic carbocycles. The minimum absolute atomic E-state index is 0.0333. The first-order valence-electron chi connectivity index (χ1n) is 13.2. The largest absolute Gasteiger partial charge is 0.497 e. The molecule has 37 heavy (non-hydrogen) atoms. The van der Waals surface area contributed by atoms with Crippen LogP contribution in [0.5, 0.6) is 11.5 Å². The van der Waals surface area contributed by atoms with Crippen molar-refractivity contribution in [2.45, 2.75) is 71.6 Å². The Morgan fingerprint density at radius 2 is 1.51 bits per heavy atom. The van der Waals surface area contributed by atoms with Crippen molar-refractivity contribution >= 4 is 5.97 Å². The molecule has 1 saturated heterocycles. The van der Waals surface area contributed by atoms with E-state index < -0.39 is 24.0 Å². The van der Waals surface area contributed by atoms with Gasteiger partial charge in [-0.15, -0.1) is 0 Å². The number of aliphatic hydroxyl groups is 1. The average Bonchev–Trinajstić information content (AvgIpc) is 3.19. The minimum atomic E-state index is -1.47. The van der Waals surface area contributed by atoms with E-state index in [0.29, 0.717) is 36.4 Å². The third-order valence-electron chi connectivity index (χ3n) is 6.35. The van der Waals surface area contributed by atoms with Gasteiger partial charge in [-0.3, -0.25) is 0 Å². The van der Waals surface area contributed by atoms with Gasteiger partial charge in [-0.2, -0.15) is 0 Å². The van der Waals surface area contributed by atoms with Crippen LogP contribution in [0.1, 0.15) is 52.5 Å². The van der Waals surface area contributed by atoms with Crippen LogP contribution < -0.4 is 9.47 Å². The van der Waals surface area contributed by atoms with Crippen LogP contribution in [0.15, 0.2) is 54.6 Å². The Morgan fingerprint density at radius 3 is 2.11 bits per heavy atom. The van der Waals surface area contributed by atoms with E-state index in [0.717, 1.165) is 18.4 Å². The third-order valence-corrected chi connectivity index (χ3v) is 6.35. The Kier molecular flexibility index (Phi) is 10.8. The summed E-state index contributed by atoms with van der Waals surface area (Å²) in [5, 5.41) is 11.1. The molecule has 1 fully saturated rings. The van der Waals surface area contributed by atoms with Crippen LogP contribution in [0.4, 0.5) is 0 Å². The maximum atomic E-state index is 13.0. The second kappa shape index (κ2) is 13.8. The van der Waals surface area contributed by atoms with Gasteiger partial charge in [0.15, 0.2) is 12.7 Å². The number of benzene rings is 2. The van der Waals surface area contributed by atoms with Gasteiger partial charge in [0, 0.05) is 0 Å². The van der Waals surface area contributed by atoms with Crippen molar-refractivity contribution in [2.75, 3.05) is 20.3 Å². The lowest BCUT2D eigenvalue weighted by Gasteiger charge is -2.28. The lowest BCUT2D eigenvalue weighted by Crippen LogP contribution is -2.44. The molecule has 7 heteroatoms. The molecular formula is C30H42O7. The van der Waals surface area contributed by atoms with E-state index in [4.69, 9.17) is 23.7 Å². The zero-order valence-corrected chi connectivity index (χ0v) is 22.7. The quantitative estimate of drug-likeness (QED) is 0.319. The molecular weight excluding hydrogens is 472 g/mol. The molecule has 0 radical (unpaired) electrons. The summed E-state index contributed by atoms with van der Waals surface area (Å²) in [5.41, 5.74) is 0.986. The molecule has 3 rings (SSSR count). The number of ether oxygens (including phenoxy) is 5. The fourth-order valence-corrected chi connectivity index (χ4v) is 4.80. The molecule has 1 aliphatic heterocycles. The molecule has 0 aliphatic carbocycles. The highest BCUT2D eigenvalue weighted by atomic mass is 16.8. The summed E-state index contributed by atoms with van der Waals surface area (Å²) in [5.74, 6) is 0.487. The lowest BCUT2D eigenvalue weighted by molar-refractivity contribution is -0.225. The standard InChI is InChI=1S/C30H42O7/c1-21(2)15-24(16-22(3)4)17-27(31)28-29(32)37-30(36-28,19-34-18-23-9-7-6-8-10-23)20-35-26-13-11-25(33-5)12-14-26/h6-14,21-22,24,27-28,31H,15-20H2,1-5H3. The normalized spacial score (nSPS) is 20.5. The molecule has 0 amide bonds. The smallest absolute Gasteiger partial charge is 0.340 e. The summed E-state index contributed by atoms with van der Waals surface area (Å²) < 4.78 is 28.9. The van der Waals surface area contributed by atoms with Crippen LogP contribution >= 0.6 is 0 Å². The highest BCUT2D eigenvalue weighted by Crippen LogP contribution is 2.33. The van der Waals surface area contributed by atoms with Crippen LogP contribution in [0.2, 0.25) is 0 Å². The molecule has 3 unspecified atom stereocenters. The highest BCUT2D eigenvalue weighted by molar-refractivity contribution is 5.77. The summed E-state index contributed by atoms with van der Waals surface area (Å²) in [4.78, 5) is 13.0. The van der Waals surface area contributed by atoms with Gasteiger partial charge >= 0.3 is 5.97 Å². The number of hydrogen-bond acceptors (Lipinski definition) is 7. The summed E-state index contributed by atoms with van der Waals surface area (Å²) in [7, 11) is 1.60. The summed E-state index contributed by atoms with van der Waals surface area (Å²) in [6, 6.07) is 16.8. The van der Waals surface area contributed by atoms with Gasteiger partial charge in [-0.25, -0.2) is 4.79 Å². The van der Waals surface area contributed by atoms with Crippen molar-refractivity contribution in [1.29, 1.82) is 0 Å². The molecule has 2 aromatic rings. The van der Waals surface area contributed by atoms with Gasteiger partial charge in [0.2, 0.25) is 0 Å². The second-order valence-electron chi connectivity index (χ2n) is 10.7. The van der Waals surface area contributed by atoms with Crippen LogP contribution in [-0.2, 0) is 25.6 Å². The van der Waals surface area contributed by atoms with Gasteiger partial charge in [0.05, 0.1) is 19.8 Å². The van der Waals surface area contributed by atoms with Gasteiger partial charge in [0.25, 0.3) is 5.79 Å². The molecule has 0 spiro atoms. The Labute approximate surface area is 221 Å². The zero-order chi connectivity index (χ0) is 26.8. The van der Waals surface area contributed by atoms with Crippen LogP contribution in [0, 0.1) is 17.8 Å². The van der Waals surface area contributed by atoms with E-state index in [1.807, 2.05) is 30.3 Å². The minimum Gasteiger partial charge on any atom is -0.497 e. The van der Waals surface area contributed by atoms with E-state index in [-0.39, 0.29) is 19.1 Å². The molecule has 0 bridgehead atoms. The Bertz CT molecular complexity index is 934. The highest BCUT2D eigenvalue weighted by Gasteiger charge is 2.52. The summed E-state index contributed by atoms with van der Waals surface area (Å²) in [6.45, 7) is 8.90. The topological polar surface area (TPSA) is 83.5 Å². The lowest BCUT2D eigenvalue weighted by atomic mass is 9.84. The number of hydrogen-bond donors (Lipinski definition) is 1. The maximum absolute atomic E-state index is 13.0. The van der Waals surface area contributed by atoms with Crippen molar-refractivity contribution in [1.82, 2.24) is 0 Å². The SMILES string of the molecule is COc1ccc(OCC2(COCc3ccccc3)OC(=O)C(C(O)CC(CC(C)C)CC(C)C)O2)cc1. The van der Waals surface area contributed by atoms with Crippen molar-refractivity contribution in [3.05, 3.63) is 60.2 Å². The predicted octanol–water partition coefficient (Wildman–Crippen LogP) is 5.39. The molecule has 1 N–H and O–H groups in total. The van der Waals surface area contributed by atoms with Gasteiger partial charge in [-0.1, -0.05) is 58.0 Å². The van der Waals surface area contributed by atoms with Gasteiger partial charge in [-0.05, 0) is 66.8 Å². The summed E-state index contributed by atoms with van der Waals surface area (Å²) in [6.07, 6.45) is 0.344. The Balaban J connectivity index is 1.70. The van der Waals surface area contributed by atoms with Crippen LogP contribution in [0.3, 0.4) is 0 Å². The fourth-order valence-electron chi connectivity index (χ4n) is 4.80. The zero-order valence-electron chi connectivity index (χ0n) is 22.7. The monoisotopic (exact) mass is 514 g/mol. The average molecular weight is 515 g/mol. The van der Waals surface area contributed by atoms with Crippen molar-refractivity contribution < 1.29 is 33.6 Å².